The lowest BCUT2D eigenvalue weighted by Crippen LogP contribution is -2.69. The molecular formula is C28H44FN5O10. The molecule has 1 saturated carbocycles. The summed E-state index contributed by atoms with van der Waals surface area (Å²) in [5.74, 6) is -0.727. The van der Waals surface area contributed by atoms with E-state index >= 15 is 4.39 Å². The molecule has 0 radical (unpaired) electrons. The number of alkyl halides is 1. The number of carbonyl (C=O) groups excluding carboxylic acids is 1. The van der Waals surface area contributed by atoms with E-state index in [-0.39, 0.29) is 31.4 Å². The van der Waals surface area contributed by atoms with E-state index < -0.39 is 104 Å². The normalized spacial score (nSPS) is 46.2. The molecule has 12 unspecified atom stereocenters. The van der Waals surface area contributed by atoms with Crippen LogP contribution in [0.3, 0.4) is 0 Å². The number of aliphatic hydroxyl groups is 3. The van der Waals surface area contributed by atoms with Gasteiger partial charge in [-0.15, -0.1) is 0 Å². The highest BCUT2D eigenvalue weighted by Crippen LogP contribution is 2.36. The van der Waals surface area contributed by atoms with E-state index in [1.54, 1.807) is 37.4 Å². The van der Waals surface area contributed by atoms with E-state index in [2.05, 4.69) is 5.32 Å². The van der Waals surface area contributed by atoms with Crippen LogP contribution in [0.15, 0.2) is 30.3 Å². The fraction of sp³-hybridized carbons (Fsp3) is 0.750. The summed E-state index contributed by atoms with van der Waals surface area (Å²) in [5, 5.41) is 34.2. The lowest BCUT2D eigenvalue weighted by molar-refractivity contribution is -0.367. The molecule has 16 heteroatoms. The fourth-order valence-corrected chi connectivity index (χ4v) is 6.30. The van der Waals surface area contributed by atoms with Crippen LogP contribution in [0.25, 0.3) is 0 Å². The van der Waals surface area contributed by atoms with Gasteiger partial charge in [-0.3, -0.25) is 0 Å². The number of ether oxygens (including phenoxy) is 6. The number of rotatable bonds is 8. The molecule has 1 aromatic rings. The highest BCUT2D eigenvalue weighted by Gasteiger charge is 2.54. The van der Waals surface area contributed by atoms with E-state index in [4.69, 9.17) is 51.4 Å². The highest BCUT2D eigenvalue weighted by atomic mass is 19.1. The summed E-state index contributed by atoms with van der Waals surface area (Å²) in [6, 6.07) is 4.17. The SMILES string of the molecule is CNC1C(OC2OC(CO)[C@@H](N)C[C@@H]2O)O[C@H]2C[C@H](N)C(OC3C(N)CC(N)C(OC(=O)c4ccccc4)C3F)OC2C1O. The number of esters is 1. The maximum atomic E-state index is 15.9. The van der Waals surface area contributed by atoms with Crippen molar-refractivity contribution in [2.24, 2.45) is 22.9 Å². The maximum absolute atomic E-state index is 15.9. The first-order chi connectivity index (χ1) is 21.0. The molecule has 0 bridgehead atoms. The molecule has 248 valence electrons. The first kappa shape index (κ1) is 33.5. The van der Waals surface area contributed by atoms with Crippen LogP contribution >= 0.6 is 0 Å². The standard InChI is InChI=1S/C28H44FN5O10/c1-34-20-21(37)24-17(39-28(20)44-27-16(36)8-12(30)18(10-35)40-27)9-15(33)26(43-24)42-23-14(32)7-13(31)22(19(23)29)41-25(38)11-5-3-2-4-6-11/h2-6,12-24,26-28,34-37H,7-10,30-33H2,1H3/t12-,13?,14?,15-,16-,17-,18?,19?,20?,21?,22?,23?,24?,26?,27?,28?/m0/s1. The molecule has 3 heterocycles. The number of hydrogen-bond acceptors (Lipinski definition) is 15. The Morgan fingerprint density at radius 3 is 2.30 bits per heavy atom. The summed E-state index contributed by atoms with van der Waals surface area (Å²) in [7, 11) is 1.58. The van der Waals surface area contributed by atoms with Crippen LogP contribution in [0.4, 0.5) is 4.39 Å². The van der Waals surface area contributed by atoms with E-state index in [0.717, 1.165) is 0 Å². The number of aliphatic hydroxyl groups excluding tert-OH is 3. The number of carbonyl (C=O) groups is 1. The fourth-order valence-electron chi connectivity index (χ4n) is 6.30. The molecule has 15 nitrogen and oxygen atoms in total. The molecule has 44 heavy (non-hydrogen) atoms. The van der Waals surface area contributed by atoms with E-state index in [9.17, 15) is 20.1 Å². The van der Waals surface area contributed by atoms with Crippen molar-refractivity contribution in [3.05, 3.63) is 35.9 Å². The van der Waals surface area contributed by atoms with Gasteiger partial charge in [0.1, 0.15) is 24.4 Å². The summed E-state index contributed by atoms with van der Waals surface area (Å²) < 4.78 is 51.0. The van der Waals surface area contributed by atoms with Crippen molar-refractivity contribution in [2.45, 2.75) is 117 Å². The van der Waals surface area contributed by atoms with Gasteiger partial charge in [0.05, 0.1) is 36.5 Å². The first-order valence-corrected chi connectivity index (χ1v) is 14.9. The number of nitrogens with one attached hydrogen (secondary N) is 1. The molecule has 4 aliphatic rings. The molecule has 16 atom stereocenters. The van der Waals surface area contributed by atoms with Crippen molar-refractivity contribution in [3.8, 4) is 0 Å². The van der Waals surface area contributed by atoms with Gasteiger partial charge < -0.3 is 72.0 Å². The largest absolute Gasteiger partial charge is 0.454 e. The molecule has 12 N–H and O–H groups in total. The average Bonchev–Trinajstić information content (AvgIpc) is 2.99. The van der Waals surface area contributed by atoms with Crippen LogP contribution in [0.5, 0.6) is 0 Å². The molecule has 0 spiro atoms. The smallest absolute Gasteiger partial charge is 0.338 e. The van der Waals surface area contributed by atoms with Crippen molar-refractivity contribution in [1.82, 2.24) is 5.32 Å². The van der Waals surface area contributed by atoms with Crippen molar-refractivity contribution in [3.63, 3.8) is 0 Å². The Bertz CT molecular complexity index is 1100. The third kappa shape index (κ3) is 6.92. The van der Waals surface area contributed by atoms with Crippen LogP contribution in [0.1, 0.15) is 29.6 Å². The van der Waals surface area contributed by atoms with Crippen molar-refractivity contribution < 1.29 is 52.9 Å². The Kier molecular flexibility index (Phi) is 10.8. The lowest BCUT2D eigenvalue weighted by atomic mass is 9.85. The van der Waals surface area contributed by atoms with E-state index in [1.165, 1.54) is 0 Å². The predicted molar refractivity (Wildman–Crippen MR) is 150 cm³/mol. The van der Waals surface area contributed by atoms with Gasteiger partial charge in [-0.25, -0.2) is 9.18 Å². The number of hydrogen-bond donors (Lipinski definition) is 8. The quantitative estimate of drug-likeness (QED) is 0.133. The summed E-state index contributed by atoms with van der Waals surface area (Å²) >= 11 is 0. The highest BCUT2D eigenvalue weighted by molar-refractivity contribution is 5.89. The third-order valence-electron chi connectivity index (χ3n) is 8.77. The molecule has 1 aromatic carbocycles. The van der Waals surface area contributed by atoms with Gasteiger partial charge in [-0.05, 0) is 38.4 Å². The summed E-state index contributed by atoms with van der Waals surface area (Å²) in [5.41, 5.74) is 24.9. The van der Waals surface area contributed by atoms with Crippen LogP contribution in [-0.2, 0) is 28.4 Å². The maximum Gasteiger partial charge on any atom is 0.338 e. The number of likely N-dealkylation sites (N-methyl/N-ethyl adjacent to an activating group) is 1. The second-order valence-electron chi connectivity index (χ2n) is 11.9. The molecule has 0 aromatic heterocycles. The zero-order valence-electron chi connectivity index (χ0n) is 24.3. The number of fused-ring (bicyclic) bond motifs is 1. The minimum absolute atomic E-state index is 0.107. The van der Waals surface area contributed by atoms with Crippen molar-refractivity contribution >= 4 is 5.97 Å². The van der Waals surface area contributed by atoms with Gasteiger partial charge in [-0.1, -0.05) is 18.2 Å². The predicted octanol–water partition coefficient (Wildman–Crippen LogP) is -3.08. The molecule has 5 rings (SSSR count). The molecular weight excluding hydrogens is 585 g/mol. The van der Waals surface area contributed by atoms with E-state index in [0.29, 0.717) is 0 Å². The van der Waals surface area contributed by atoms with Gasteiger partial charge in [0.15, 0.2) is 31.1 Å². The Morgan fingerprint density at radius 2 is 1.61 bits per heavy atom. The summed E-state index contributed by atoms with van der Waals surface area (Å²) in [6.45, 7) is -0.362. The zero-order valence-corrected chi connectivity index (χ0v) is 24.3. The van der Waals surface area contributed by atoms with Crippen LogP contribution < -0.4 is 28.3 Å². The average molecular weight is 630 g/mol. The van der Waals surface area contributed by atoms with Gasteiger partial charge >= 0.3 is 5.97 Å². The molecule has 4 fully saturated rings. The van der Waals surface area contributed by atoms with Crippen LogP contribution in [-0.4, -0.2) is 133 Å². The van der Waals surface area contributed by atoms with Gasteiger partial charge in [0.25, 0.3) is 0 Å². The van der Waals surface area contributed by atoms with E-state index in [1.807, 2.05) is 0 Å². The van der Waals surface area contributed by atoms with Gasteiger partial charge in [-0.2, -0.15) is 0 Å². The Morgan fingerprint density at radius 1 is 0.909 bits per heavy atom. The Balaban J connectivity index is 1.24. The molecule has 0 amide bonds. The van der Waals surface area contributed by atoms with Gasteiger partial charge in [0, 0.05) is 18.1 Å². The number of benzene rings is 1. The zero-order chi connectivity index (χ0) is 31.7. The Hall–Kier alpha value is -1.90. The van der Waals surface area contributed by atoms with Gasteiger partial charge in [0.2, 0.25) is 0 Å². The van der Waals surface area contributed by atoms with Crippen molar-refractivity contribution in [2.75, 3.05) is 13.7 Å². The molecule has 3 saturated heterocycles. The summed E-state index contributed by atoms with van der Waals surface area (Å²) in [4.78, 5) is 12.6. The second-order valence-corrected chi connectivity index (χ2v) is 11.9. The number of halogens is 1. The Labute approximate surface area is 254 Å². The third-order valence-corrected chi connectivity index (χ3v) is 8.77. The van der Waals surface area contributed by atoms with Crippen molar-refractivity contribution in [1.29, 1.82) is 0 Å². The summed E-state index contributed by atoms with van der Waals surface area (Å²) in [6.07, 6.45) is -12.3. The number of nitrogens with two attached hydrogens (primary N) is 4. The first-order valence-electron chi connectivity index (χ1n) is 14.9. The minimum atomic E-state index is -1.89. The monoisotopic (exact) mass is 629 g/mol. The van der Waals surface area contributed by atoms with Crippen LogP contribution in [0, 0.1) is 0 Å². The minimum Gasteiger partial charge on any atom is -0.454 e. The van der Waals surface area contributed by atoms with Crippen LogP contribution in [0.2, 0.25) is 0 Å². The topological polar surface area (TPSA) is 249 Å². The lowest BCUT2D eigenvalue weighted by Gasteiger charge is -2.51. The molecule has 1 aliphatic carbocycles. The molecule has 3 aliphatic heterocycles. The second kappa shape index (κ2) is 14.3.